The number of halogens is 1. The third-order valence-electron chi connectivity index (χ3n) is 4.90. The van der Waals surface area contributed by atoms with Crippen molar-refractivity contribution >= 4 is 17.5 Å². The van der Waals surface area contributed by atoms with Crippen molar-refractivity contribution in [2.75, 3.05) is 32.8 Å². The molecule has 1 aliphatic carbocycles. The number of ether oxygens (including phenoxy) is 1. The fraction of sp³-hybridized carbons (Fsp3) is 0.632. The maximum absolute atomic E-state index is 12.7. The zero-order valence-corrected chi connectivity index (χ0v) is 15.3. The van der Waals surface area contributed by atoms with Gasteiger partial charge in [-0.1, -0.05) is 37.6 Å². The topological polar surface area (TPSA) is 41.6 Å². The van der Waals surface area contributed by atoms with Crippen molar-refractivity contribution in [1.82, 2.24) is 10.2 Å². The van der Waals surface area contributed by atoms with E-state index < -0.39 is 0 Å². The van der Waals surface area contributed by atoms with Gasteiger partial charge in [0.05, 0.1) is 18.1 Å². The Labute approximate surface area is 149 Å². The van der Waals surface area contributed by atoms with Crippen LogP contribution in [-0.4, -0.2) is 49.7 Å². The van der Waals surface area contributed by atoms with Crippen molar-refractivity contribution in [1.29, 1.82) is 0 Å². The first-order chi connectivity index (χ1) is 11.5. The van der Waals surface area contributed by atoms with Gasteiger partial charge < -0.3 is 10.1 Å². The maximum Gasteiger partial charge on any atom is 0.230 e. The molecule has 1 aromatic carbocycles. The fourth-order valence-electron chi connectivity index (χ4n) is 3.52. The predicted octanol–water partition coefficient (Wildman–Crippen LogP) is 2.84. The minimum Gasteiger partial charge on any atom is -0.374 e. The van der Waals surface area contributed by atoms with Crippen LogP contribution < -0.4 is 5.32 Å². The number of amides is 1. The lowest BCUT2D eigenvalue weighted by Gasteiger charge is -2.34. The van der Waals surface area contributed by atoms with E-state index in [1.54, 1.807) is 0 Å². The van der Waals surface area contributed by atoms with Crippen molar-refractivity contribution < 1.29 is 9.53 Å². The maximum atomic E-state index is 12.7. The first-order valence-corrected chi connectivity index (χ1v) is 9.26. The van der Waals surface area contributed by atoms with Gasteiger partial charge in [0, 0.05) is 31.2 Å². The summed E-state index contributed by atoms with van der Waals surface area (Å²) in [5.74, 6) is 0.755. The number of nitrogens with zero attached hydrogens (tertiary/aromatic N) is 1. The monoisotopic (exact) mass is 350 g/mol. The van der Waals surface area contributed by atoms with Crippen LogP contribution in [0.3, 0.4) is 0 Å². The van der Waals surface area contributed by atoms with Gasteiger partial charge in [-0.25, -0.2) is 0 Å². The van der Waals surface area contributed by atoms with E-state index in [1.807, 2.05) is 24.3 Å². The highest BCUT2D eigenvalue weighted by Gasteiger charge is 2.51. The lowest BCUT2D eigenvalue weighted by molar-refractivity contribution is -0.124. The van der Waals surface area contributed by atoms with Gasteiger partial charge in [-0.3, -0.25) is 9.69 Å². The van der Waals surface area contributed by atoms with E-state index in [-0.39, 0.29) is 17.4 Å². The first-order valence-electron chi connectivity index (χ1n) is 8.88. The second-order valence-corrected chi connectivity index (χ2v) is 7.89. The normalized spacial score (nSPS) is 23.2. The Morgan fingerprint density at radius 3 is 2.92 bits per heavy atom. The lowest BCUT2D eigenvalue weighted by Crippen LogP contribution is -2.49. The highest BCUT2D eigenvalue weighted by atomic mass is 35.5. The summed E-state index contributed by atoms with van der Waals surface area (Å²) in [4.78, 5) is 15.1. The average Bonchev–Trinajstić information content (AvgIpc) is 3.34. The smallest absolute Gasteiger partial charge is 0.230 e. The van der Waals surface area contributed by atoms with Crippen LogP contribution in [0.1, 0.15) is 32.3 Å². The van der Waals surface area contributed by atoms with Crippen LogP contribution in [0.5, 0.6) is 0 Å². The molecule has 5 heteroatoms. The van der Waals surface area contributed by atoms with E-state index in [0.717, 1.165) is 44.6 Å². The van der Waals surface area contributed by atoms with Crippen molar-refractivity contribution in [3.63, 3.8) is 0 Å². The average molecular weight is 351 g/mol. The summed E-state index contributed by atoms with van der Waals surface area (Å²) < 4.78 is 5.82. The summed E-state index contributed by atoms with van der Waals surface area (Å²) >= 11 is 6.08. The van der Waals surface area contributed by atoms with E-state index in [9.17, 15) is 4.79 Å². The molecule has 1 aliphatic heterocycles. The van der Waals surface area contributed by atoms with Crippen molar-refractivity contribution in [2.45, 2.75) is 38.2 Å². The highest BCUT2D eigenvalue weighted by molar-refractivity contribution is 6.30. The number of carbonyl (C=O) groups is 1. The molecule has 1 saturated heterocycles. The van der Waals surface area contributed by atoms with Gasteiger partial charge in [-0.05, 0) is 36.5 Å². The van der Waals surface area contributed by atoms with Crippen LogP contribution in [0.25, 0.3) is 0 Å². The third-order valence-corrected chi connectivity index (χ3v) is 5.13. The Balaban J connectivity index is 1.54. The van der Waals surface area contributed by atoms with Gasteiger partial charge in [-0.2, -0.15) is 0 Å². The largest absolute Gasteiger partial charge is 0.374 e. The summed E-state index contributed by atoms with van der Waals surface area (Å²) in [5.41, 5.74) is 0.649. The summed E-state index contributed by atoms with van der Waals surface area (Å²) in [7, 11) is 0. The third kappa shape index (κ3) is 4.11. The molecule has 1 heterocycles. The summed E-state index contributed by atoms with van der Waals surface area (Å²) in [6.45, 7) is 8.74. The van der Waals surface area contributed by atoms with Gasteiger partial charge in [0.15, 0.2) is 0 Å². The predicted molar refractivity (Wildman–Crippen MR) is 96.4 cm³/mol. The highest BCUT2D eigenvalue weighted by Crippen LogP contribution is 2.48. The van der Waals surface area contributed by atoms with Gasteiger partial charge in [0.2, 0.25) is 5.91 Å². The lowest BCUT2D eigenvalue weighted by atomic mass is 9.95. The van der Waals surface area contributed by atoms with E-state index in [2.05, 4.69) is 24.1 Å². The molecule has 1 amide bonds. The molecule has 1 unspecified atom stereocenters. The molecular formula is C19H27ClN2O2. The molecule has 24 heavy (non-hydrogen) atoms. The summed E-state index contributed by atoms with van der Waals surface area (Å²) in [5, 5.41) is 3.80. The van der Waals surface area contributed by atoms with Crippen LogP contribution in [0.4, 0.5) is 0 Å². The van der Waals surface area contributed by atoms with Crippen molar-refractivity contribution in [3.05, 3.63) is 34.9 Å². The molecule has 1 atom stereocenters. The van der Waals surface area contributed by atoms with Crippen LogP contribution in [0.15, 0.2) is 24.3 Å². The van der Waals surface area contributed by atoms with Crippen molar-refractivity contribution in [3.8, 4) is 0 Å². The number of carbonyl (C=O) groups excluding carboxylic acids is 1. The Hall–Kier alpha value is -1.10. The second kappa shape index (κ2) is 7.42. The van der Waals surface area contributed by atoms with E-state index >= 15 is 0 Å². The van der Waals surface area contributed by atoms with Gasteiger partial charge in [0.25, 0.3) is 0 Å². The van der Waals surface area contributed by atoms with Gasteiger partial charge in [-0.15, -0.1) is 0 Å². The SMILES string of the molecule is CC(C)CN1CCOC(CNC(=O)C2(c3cccc(Cl)c3)CC2)C1. The second-order valence-electron chi connectivity index (χ2n) is 7.45. The Morgan fingerprint density at radius 1 is 1.46 bits per heavy atom. The number of benzene rings is 1. The van der Waals surface area contributed by atoms with Crippen LogP contribution in [0.2, 0.25) is 5.02 Å². The van der Waals surface area contributed by atoms with E-state index in [4.69, 9.17) is 16.3 Å². The molecule has 2 aliphatic rings. The molecule has 1 saturated carbocycles. The molecule has 1 aromatic rings. The zero-order chi connectivity index (χ0) is 17.2. The Kier molecular flexibility index (Phi) is 5.48. The number of nitrogens with one attached hydrogen (secondary N) is 1. The molecule has 4 nitrogen and oxygen atoms in total. The Bertz CT molecular complexity index is 586. The summed E-state index contributed by atoms with van der Waals surface area (Å²) in [6.07, 6.45) is 1.87. The molecule has 0 radical (unpaired) electrons. The molecule has 0 aromatic heterocycles. The summed E-state index contributed by atoms with van der Waals surface area (Å²) in [6, 6.07) is 7.67. The molecule has 132 valence electrons. The van der Waals surface area contributed by atoms with E-state index in [1.165, 1.54) is 0 Å². The van der Waals surface area contributed by atoms with Gasteiger partial charge >= 0.3 is 0 Å². The molecule has 2 fully saturated rings. The quantitative estimate of drug-likeness (QED) is 0.857. The zero-order valence-electron chi connectivity index (χ0n) is 14.6. The van der Waals surface area contributed by atoms with Gasteiger partial charge in [0.1, 0.15) is 0 Å². The first kappa shape index (κ1) is 17.7. The van der Waals surface area contributed by atoms with Crippen LogP contribution in [0, 0.1) is 5.92 Å². The number of morpholine rings is 1. The molecule has 1 N–H and O–H groups in total. The minimum absolute atomic E-state index is 0.0802. The standard InChI is InChI=1S/C19H27ClN2O2/c1-14(2)12-22-8-9-24-17(13-22)11-21-18(23)19(6-7-19)15-4-3-5-16(20)10-15/h3-5,10,14,17H,6-9,11-13H2,1-2H3,(H,21,23). The molecule has 3 rings (SSSR count). The molecule has 0 spiro atoms. The van der Waals surface area contributed by atoms with Crippen LogP contribution in [-0.2, 0) is 14.9 Å². The number of hydrogen-bond acceptors (Lipinski definition) is 3. The minimum atomic E-state index is -0.378. The fourth-order valence-corrected chi connectivity index (χ4v) is 3.71. The molecular weight excluding hydrogens is 324 g/mol. The Morgan fingerprint density at radius 2 is 2.25 bits per heavy atom. The number of rotatable bonds is 6. The number of hydrogen-bond donors (Lipinski definition) is 1. The van der Waals surface area contributed by atoms with Crippen molar-refractivity contribution in [2.24, 2.45) is 5.92 Å². The van der Waals surface area contributed by atoms with E-state index in [0.29, 0.717) is 17.5 Å². The molecule has 0 bridgehead atoms. The van der Waals surface area contributed by atoms with Crippen LogP contribution >= 0.6 is 11.6 Å².